The van der Waals surface area contributed by atoms with Gasteiger partial charge in [-0.15, -0.1) is 0 Å². The van der Waals surface area contributed by atoms with Gasteiger partial charge in [-0.2, -0.15) is 0 Å². The largest absolute Gasteiger partial charge is 0.396 e. The lowest BCUT2D eigenvalue weighted by Crippen LogP contribution is -2.42. The predicted octanol–water partition coefficient (Wildman–Crippen LogP) is 0.936. The Hall–Kier alpha value is -0.380. The first-order valence-corrected chi connectivity index (χ1v) is 5.25. The highest BCUT2D eigenvalue weighted by Gasteiger charge is 2.21. The maximum Gasteiger partial charge on any atom is 0.0693 e. The maximum absolute atomic E-state index is 8.97. The Morgan fingerprint density at radius 2 is 2.21 bits per heavy atom. The van der Waals surface area contributed by atoms with Gasteiger partial charge in [0.25, 0.3) is 0 Å². The standard InChI is InChI=1S/C11H21NO2/c1-8(9(2)14-3)12-11-5-4-10(6-11)7-13/h4-5,8-13H,6-7H2,1-3H3/t8?,9?,10-,11+/m0/s1. The van der Waals surface area contributed by atoms with E-state index in [0.717, 1.165) is 6.42 Å². The molecule has 0 spiro atoms. The molecule has 2 unspecified atom stereocenters. The number of hydrogen-bond donors (Lipinski definition) is 2. The number of ether oxygens (including phenoxy) is 1. The summed E-state index contributed by atoms with van der Waals surface area (Å²) in [5.74, 6) is 0.331. The van der Waals surface area contributed by atoms with Crippen molar-refractivity contribution in [3.8, 4) is 0 Å². The molecule has 3 heteroatoms. The van der Waals surface area contributed by atoms with Gasteiger partial charge < -0.3 is 15.2 Å². The molecule has 0 saturated heterocycles. The molecular weight excluding hydrogens is 178 g/mol. The van der Waals surface area contributed by atoms with Crippen molar-refractivity contribution in [2.45, 2.75) is 38.5 Å². The summed E-state index contributed by atoms with van der Waals surface area (Å²) in [6.07, 6.45) is 5.44. The van der Waals surface area contributed by atoms with Crippen LogP contribution in [0.4, 0.5) is 0 Å². The second-order valence-electron chi connectivity index (χ2n) is 4.07. The van der Waals surface area contributed by atoms with E-state index < -0.39 is 0 Å². The van der Waals surface area contributed by atoms with Gasteiger partial charge in [0.2, 0.25) is 0 Å². The average Bonchev–Trinajstić information content (AvgIpc) is 2.64. The van der Waals surface area contributed by atoms with Crippen molar-refractivity contribution in [2.75, 3.05) is 13.7 Å². The molecule has 2 N–H and O–H groups in total. The molecule has 1 aliphatic rings. The Labute approximate surface area is 86.2 Å². The van der Waals surface area contributed by atoms with Crippen molar-refractivity contribution in [3.05, 3.63) is 12.2 Å². The number of aliphatic hydroxyl groups is 1. The van der Waals surface area contributed by atoms with Gasteiger partial charge in [0, 0.05) is 31.7 Å². The number of nitrogens with one attached hydrogen (secondary N) is 1. The molecule has 0 aromatic carbocycles. The minimum absolute atomic E-state index is 0.219. The molecular formula is C11H21NO2. The lowest BCUT2D eigenvalue weighted by atomic mass is 10.1. The number of methoxy groups -OCH3 is 1. The van der Waals surface area contributed by atoms with Crippen molar-refractivity contribution in [3.63, 3.8) is 0 Å². The van der Waals surface area contributed by atoms with Crippen molar-refractivity contribution in [1.29, 1.82) is 0 Å². The summed E-state index contributed by atoms with van der Waals surface area (Å²) < 4.78 is 5.24. The number of rotatable bonds is 5. The van der Waals surface area contributed by atoms with Crippen LogP contribution in [0.25, 0.3) is 0 Å². The van der Waals surface area contributed by atoms with Crippen LogP contribution in [0.3, 0.4) is 0 Å². The smallest absolute Gasteiger partial charge is 0.0693 e. The van der Waals surface area contributed by atoms with E-state index in [0.29, 0.717) is 18.0 Å². The lowest BCUT2D eigenvalue weighted by Gasteiger charge is -2.23. The molecule has 0 radical (unpaired) electrons. The molecule has 1 rings (SSSR count). The van der Waals surface area contributed by atoms with Crippen molar-refractivity contribution >= 4 is 0 Å². The Balaban J connectivity index is 2.29. The third-order valence-corrected chi connectivity index (χ3v) is 2.96. The molecule has 3 nitrogen and oxygen atoms in total. The predicted molar refractivity (Wildman–Crippen MR) is 57.2 cm³/mol. The van der Waals surface area contributed by atoms with Crippen LogP contribution >= 0.6 is 0 Å². The zero-order valence-electron chi connectivity index (χ0n) is 9.23. The van der Waals surface area contributed by atoms with Gasteiger partial charge in [-0.3, -0.25) is 0 Å². The normalized spacial score (nSPS) is 30.6. The molecule has 82 valence electrons. The van der Waals surface area contributed by atoms with Crippen LogP contribution in [0, 0.1) is 5.92 Å². The second-order valence-corrected chi connectivity index (χ2v) is 4.07. The Morgan fingerprint density at radius 3 is 2.71 bits per heavy atom. The summed E-state index contributed by atoms with van der Waals surface area (Å²) in [5, 5.41) is 12.4. The highest BCUT2D eigenvalue weighted by Crippen LogP contribution is 2.17. The molecule has 0 heterocycles. The van der Waals surface area contributed by atoms with E-state index in [4.69, 9.17) is 9.84 Å². The summed E-state index contributed by atoms with van der Waals surface area (Å²) in [6.45, 7) is 4.43. The quantitative estimate of drug-likeness (QED) is 0.647. The Bertz CT molecular complexity index is 194. The topological polar surface area (TPSA) is 41.5 Å². The van der Waals surface area contributed by atoms with E-state index >= 15 is 0 Å². The highest BCUT2D eigenvalue weighted by molar-refractivity contribution is 5.06. The van der Waals surface area contributed by atoms with Crippen LogP contribution in [0.1, 0.15) is 20.3 Å². The van der Waals surface area contributed by atoms with Gasteiger partial charge >= 0.3 is 0 Å². The zero-order chi connectivity index (χ0) is 10.6. The SMILES string of the molecule is COC(C)C(C)N[C@@H]1C=C[C@H](CO)C1. The summed E-state index contributed by atoms with van der Waals surface area (Å²) in [7, 11) is 1.73. The minimum atomic E-state index is 0.219. The van der Waals surface area contributed by atoms with Crippen LogP contribution in [0.2, 0.25) is 0 Å². The number of hydrogen-bond acceptors (Lipinski definition) is 3. The van der Waals surface area contributed by atoms with E-state index in [1.54, 1.807) is 7.11 Å². The summed E-state index contributed by atoms with van der Waals surface area (Å²) >= 11 is 0. The van der Waals surface area contributed by atoms with Gasteiger partial charge in [0.1, 0.15) is 0 Å². The van der Waals surface area contributed by atoms with Crippen LogP contribution in [0.5, 0.6) is 0 Å². The first-order chi connectivity index (χ1) is 6.67. The fraction of sp³-hybridized carbons (Fsp3) is 0.818. The Kier molecular flexibility index (Phi) is 4.58. The molecule has 0 aromatic rings. The van der Waals surface area contributed by atoms with E-state index in [9.17, 15) is 0 Å². The first-order valence-electron chi connectivity index (χ1n) is 5.25. The second kappa shape index (κ2) is 5.49. The fourth-order valence-electron chi connectivity index (χ4n) is 1.71. The fourth-order valence-corrected chi connectivity index (χ4v) is 1.71. The van der Waals surface area contributed by atoms with Gasteiger partial charge in [-0.05, 0) is 20.3 Å². The lowest BCUT2D eigenvalue weighted by molar-refractivity contribution is 0.0856. The molecule has 0 bridgehead atoms. The van der Waals surface area contributed by atoms with Crippen LogP contribution in [0.15, 0.2) is 12.2 Å². The molecule has 4 atom stereocenters. The van der Waals surface area contributed by atoms with Gasteiger partial charge in [0.05, 0.1) is 6.10 Å². The molecule has 1 aliphatic carbocycles. The summed E-state index contributed by atoms with van der Waals surface area (Å²) in [6, 6.07) is 0.729. The molecule has 0 saturated carbocycles. The van der Waals surface area contributed by atoms with Gasteiger partial charge in [-0.1, -0.05) is 12.2 Å². The van der Waals surface area contributed by atoms with Crippen molar-refractivity contribution in [1.82, 2.24) is 5.32 Å². The molecule has 14 heavy (non-hydrogen) atoms. The average molecular weight is 199 g/mol. The molecule has 0 aliphatic heterocycles. The van der Waals surface area contributed by atoms with Gasteiger partial charge in [0.15, 0.2) is 0 Å². The highest BCUT2D eigenvalue weighted by atomic mass is 16.5. The van der Waals surface area contributed by atoms with Crippen LogP contribution in [-0.4, -0.2) is 37.0 Å². The monoisotopic (exact) mass is 199 g/mol. The third kappa shape index (κ3) is 3.08. The van der Waals surface area contributed by atoms with Crippen LogP contribution in [-0.2, 0) is 4.74 Å². The molecule has 0 fully saturated rings. The minimum Gasteiger partial charge on any atom is -0.396 e. The summed E-state index contributed by atoms with van der Waals surface area (Å²) in [5.41, 5.74) is 0. The van der Waals surface area contributed by atoms with Crippen molar-refractivity contribution < 1.29 is 9.84 Å². The Morgan fingerprint density at radius 1 is 1.50 bits per heavy atom. The number of aliphatic hydroxyl groups excluding tert-OH is 1. The van der Waals surface area contributed by atoms with E-state index in [-0.39, 0.29) is 12.7 Å². The van der Waals surface area contributed by atoms with Crippen molar-refractivity contribution in [2.24, 2.45) is 5.92 Å². The summed E-state index contributed by atoms with van der Waals surface area (Å²) in [4.78, 5) is 0. The zero-order valence-corrected chi connectivity index (χ0v) is 9.23. The third-order valence-electron chi connectivity index (χ3n) is 2.96. The van der Waals surface area contributed by atoms with E-state index in [1.807, 2.05) is 0 Å². The van der Waals surface area contributed by atoms with E-state index in [2.05, 4.69) is 31.3 Å². The first kappa shape index (κ1) is 11.7. The maximum atomic E-state index is 8.97. The van der Waals surface area contributed by atoms with Crippen LogP contribution < -0.4 is 5.32 Å². The molecule has 0 aromatic heterocycles. The van der Waals surface area contributed by atoms with E-state index in [1.165, 1.54) is 0 Å². The molecule has 0 amide bonds. The van der Waals surface area contributed by atoms with Gasteiger partial charge in [-0.25, -0.2) is 0 Å².